The quantitative estimate of drug-likeness (QED) is 0.689. The van der Waals surface area contributed by atoms with Crippen LogP contribution in [0.3, 0.4) is 0 Å². The third-order valence-electron chi connectivity index (χ3n) is 4.55. The van der Waals surface area contributed by atoms with Crippen LogP contribution < -0.4 is 5.32 Å². The first kappa shape index (κ1) is 19.7. The Morgan fingerprint density at radius 2 is 2.04 bits per heavy atom. The third kappa shape index (κ3) is 5.47. The zero-order valence-corrected chi connectivity index (χ0v) is 16.2. The molecule has 1 aliphatic heterocycles. The maximum absolute atomic E-state index is 12.5. The predicted molar refractivity (Wildman–Crippen MR) is 102 cm³/mol. The predicted octanol–water partition coefficient (Wildman–Crippen LogP) is 1.78. The van der Waals surface area contributed by atoms with Gasteiger partial charge >= 0.3 is 0 Å². The van der Waals surface area contributed by atoms with Gasteiger partial charge in [-0.15, -0.1) is 10.2 Å². The summed E-state index contributed by atoms with van der Waals surface area (Å²) in [6, 6.07) is 6.74. The lowest BCUT2D eigenvalue weighted by Gasteiger charge is -2.26. The van der Waals surface area contributed by atoms with Crippen LogP contribution in [-0.4, -0.2) is 70.4 Å². The second kappa shape index (κ2) is 9.77. The standard InChI is InChI=1S/C18H25ClN6O2/c1-2-16(18(26)20-8-3-9-24-10-12-27-13-11-24)25-22-17(21-23-25)14-4-6-15(19)7-5-14/h4-7,16H,2-3,8-13H2,1H3,(H,20,26). The number of carbonyl (C=O) groups excluding carboxylic acids is 1. The molecular formula is C18H25ClN6O2. The van der Waals surface area contributed by atoms with Crippen LogP contribution in [-0.2, 0) is 9.53 Å². The van der Waals surface area contributed by atoms with E-state index in [0.29, 0.717) is 23.8 Å². The molecule has 1 unspecified atom stereocenters. The van der Waals surface area contributed by atoms with E-state index in [2.05, 4.69) is 25.6 Å². The molecule has 1 aromatic heterocycles. The van der Waals surface area contributed by atoms with Gasteiger partial charge in [0.1, 0.15) is 0 Å². The van der Waals surface area contributed by atoms with E-state index in [4.69, 9.17) is 16.3 Å². The monoisotopic (exact) mass is 392 g/mol. The fourth-order valence-corrected chi connectivity index (χ4v) is 3.11. The van der Waals surface area contributed by atoms with E-state index in [1.807, 2.05) is 19.1 Å². The molecule has 0 radical (unpaired) electrons. The number of tetrazole rings is 1. The van der Waals surface area contributed by atoms with Crippen molar-refractivity contribution in [3.8, 4) is 11.4 Å². The minimum absolute atomic E-state index is 0.0838. The molecule has 0 aliphatic carbocycles. The Morgan fingerprint density at radius 3 is 2.74 bits per heavy atom. The highest BCUT2D eigenvalue weighted by atomic mass is 35.5. The largest absolute Gasteiger partial charge is 0.379 e. The van der Waals surface area contributed by atoms with Crippen LogP contribution in [0.25, 0.3) is 11.4 Å². The first-order chi connectivity index (χ1) is 13.2. The molecule has 2 heterocycles. The molecular weight excluding hydrogens is 368 g/mol. The minimum Gasteiger partial charge on any atom is -0.379 e. The van der Waals surface area contributed by atoms with Gasteiger partial charge in [-0.05, 0) is 48.9 Å². The van der Waals surface area contributed by atoms with Gasteiger partial charge < -0.3 is 10.1 Å². The van der Waals surface area contributed by atoms with Gasteiger partial charge in [0.25, 0.3) is 0 Å². The zero-order chi connectivity index (χ0) is 19.1. The number of rotatable bonds is 8. The van der Waals surface area contributed by atoms with Gasteiger partial charge in [0.15, 0.2) is 6.04 Å². The van der Waals surface area contributed by atoms with Crippen LogP contribution in [0.2, 0.25) is 5.02 Å². The number of hydrogen-bond donors (Lipinski definition) is 1. The van der Waals surface area contributed by atoms with Crippen LogP contribution in [0, 0.1) is 0 Å². The molecule has 1 amide bonds. The summed E-state index contributed by atoms with van der Waals surface area (Å²) in [6.45, 7) is 7.03. The SMILES string of the molecule is CCC(C(=O)NCCCN1CCOCC1)n1nnc(-c2ccc(Cl)cc2)n1. The summed E-state index contributed by atoms with van der Waals surface area (Å²) in [4.78, 5) is 16.3. The Hall–Kier alpha value is -2.03. The highest BCUT2D eigenvalue weighted by Crippen LogP contribution is 2.18. The molecule has 1 atom stereocenters. The van der Waals surface area contributed by atoms with E-state index >= 15 is 0 Å². The second-order valence-electron chi connectivity index (χ2n) is 6.46. The zero-order valence-electron chi connectivity index (χ0n) is 15.5. The van der Waals surface area contributed by atoms with Gasteiger partial charge in [0, 0.05) is 30.2 Å². The maximum Gasteiger partial charge on any atom is 0.246 e. The average molecular weight is 393 g/mol. The molecule has 8 nitrogen and oxygen atoms in total. The van der Waals surface area contributed by atoms with Gasteiger partial charge in [-0.2, -0.15) is 4.80 Å². The topological polar surface area (TPSA) is 85.2 Å². The fraction of sp³-hybridized carbons (Fsp3) is 0.556. The molecule has 1 aliphatic rings. The van der Waals surface area contributed by atoms with Gasteiger partial charge in [-0.3, -0.25) is 9.69 Å². The first-order valence-electron chi connectivity index (χ1n) is 9.30. The third-order valence-corrected chi connectivity index (χ3v) is 4.80. The summed E-state index contributed by atoms with van der Waals surface area (Å²) >= 11 is 5.91. The minimum atomic E-state index is -0.470. The van der Waals surface area contributed by atoms with Crippen LogP contribution in [0.5, 0.6) is 0 Å². The van der Waals surface area contributed by atoms with E-state index in [0.717, 1.165) is 44.8 Å². The molecule has 1 saturated heterocycles. The molecule has 1 aromatic carbocycles. The summed E-state index contributed by atoms with van der Waals surface area (Å²) in [6.07, 6.45) is 1.49. The Labute approximate surface area is 163 Å². The number of nitrogens with one attached hydrogen (secondary N) is 1. The summed E-state index contributed by atoms with van der Waals surface area (Å²) in [7, 11) is 0. The highest BCUT2D eigenvalue weighted by Gasteiger charge is 2.21. The maximum atomic E-state index is 12.5. The van der Waals surface area contributed by atoms with Crippen LogP contribution in [0.1, 0.15) is 25.8 Å². The molecule has 27 heavy (non-hydrogen) atoms. The Kier molecular flexibility index (Phi) is 7.14. The molecule has 9 heteroatoms. The van der Waals surface area contributed by atoms with Gasteiger partial charge in [-0.25, -0.2) is 0 Å². The van der Waals surface area contributed by atoms with E-state index < -0.39 is 6.04 Å². The number of aromatic nitrogens is 4. The number of benzene rings is 1. The van der Waals surface area contributed by atoms with E-state index in [-0.39, 0.29) is 5.91 Å². The van der Waals surface area contributed by atoms with Crippen molar-refractivity contribution in [2.24, 2.45) is 0 Å². The average Bonchev–Trinajstić information content (AvgIpc) is 3.17. The van der Waals surface area contributed by atoms with E-state index in [9.17, 15) is 4.79 Å². The normalized spacial score (nSPS) is 16.2. The number of ether oxygens (including phenoxy) is 1. The van der Waals surface area contributed by atoms with Crippen LogP contribution >= 0.6 is 11.6 Å². The highest BCUT2D eigenvalue weighted by molar-refractivity contribution is 6.30. The lowest BCUT2D eigenvalue weighted by molar-refractivity contribution is -0.125. The van der Waals surface area contributed by atoms with Gasteiger partial charge in [0.05, 0.1) is 13.2 Å². The Bertz CT molecular complexity index is 730. The molecule has 0 bridgehead atoms. The van der Waals surface area contributed by atoms with Crippen LogP contribution in [0.4, 0.5) is 0 Å². The second-order valence-corrected chi connectivity index (χ2v) is 6.90. The number of hydrogen-bond acceptors (Lipinski definition) is 6. The van der Waals surface area contributed by atoms with Crippen molar-refractivity contribution < 1.29 is 9.53 Å². The van der Waals surface area contributed by atoms with Crippen molar-refractivity contribution in [3.63, 3.8) is 0 Å². The smallest absolute Gasteiger partial charge is 0.246 e. The van der Waals surface area contributed by atoms with Gasteiger partial charge in [0.2, 0.25) is 11.7 Å². The van der Waals surface area contributed by atoms with Crippen LogP contribution in [0.15, 0.2) is 24.3 Å². The van der Waals surface area contributed by atoms with Crippen molar-refractivity contribution in [1.82, 2.24) is 30.4 Å². The lowest BCUT2D eigenvalue weighted by atomic mass is 10.2. The van der Waals surface area contributed by atoms with E-state index in [1.54, 1.807) is 12.1 Å². The molecule has 1 fully saturated rings. The molecule has 3 rings (SSSR count). The molecule has 0 saturated carbocycles. The lowest BCUT2D eigenvalue weighted by Crippen LogP contribution is -2.39. The summed E-state index contributed by atoms with van der Waals surface area (Å²) in [5.41, 5.74) is 0.812. The molecule has 146 valence electrons. The molecule has 2 aromatic rings. The van der Waals surface area contributed by atoms with E-state index in [1.165, 1.54) is 4.80 Å². The fourth-order valence-electron chi connectivity index (χ4n) is 2.98. The summed E-state index contributed by atoms with van der Waals surface area (Å²) < 4.78 is 5.34. The number of morpholine rings is 1. The first-order valence-corrected chi connectivity index (χ1v) is 9.68. The van der Waals surface area contributed by atoms with Crippen molar-refractivity contribution >= 4 is 17.5 Å². The molecule has 0 spiro atoms. The Balaban J connectivity index is 1.51. The van der Waals surface area contributed by atoms with Crippen molar-refractivity contribution in [2.45, 2.75) is 25.8 Å². The number of carbonyl (C=O) groups is 1. The summed E-state index contributed by atoms with van der Waals surface area (Å²) in [5, 5.41) is 16.1. The molecule has 1 N–H and O–H groups in total. The number of halogens is 1. The number of nitrogens with zero attached hydrogens (tertiary/aromatic N) is 5. The van der Waals surface area contributed by atoms with Crippen molar-refractivity contribution in [3.05, 3.63) is 29.3 Å². The Morgan fingerprint density at radius 1 is 1.30 bits per heavy atom. The van der Waals surface area contributed by atoms with Gasteiger partial charge in [-0.1, -0.05) is 18.5 Å². The number of amides is 1. The van der Waals surface area contributed by atoms with Crippen molar-refractivity contribution in [2.75, 3.05) is 39.4 Å². The summed E-state index contributed by atoms with van der Waals surface area (Å²) in [5.74, 6) is 0.393. The van der Waals surface area contributed by atoms with Crippen molar-refractivity contribution in [1.29, 1.82) is 0 Å².